The van der Waals surface area contributed by atoms with Crippen LogP contribution in [0.1, 0.15) is 58.3 Å². The quantitative estimate of drug-likeness (QED) is 0.299. The molecule has 0 aromatic heterocycles. The molecule has 2 unspecified atom stereocenters. The van der Waals surface area contributed by atoms with Gasteiger partial charge in [0, 0.05) is 30.2 Å². The van der Waals surface area contributed by atoms with Crippen LogP contribution in [0.2, 0.25) is 0 Å². The second-order valence-electron chi connectivity index (χ2n) is 6.36. The molecule has 0 aliphatic heterocycles. The average molecular weight is 510 g/mol. The molecule has 3 atom stereocenters. The van der Waals surface area contributed by atoms with Gasteiger partial charge in [-0.15, -0.1) is 0 Å². The third-order valence-electron chi connectivity index (χ3n) is 4.32. The van der Waals surface area contributed by atoms with Gasteiger partial charge in [-0.25, -0.2) is 0 Å². The van der Waals surface area contributed by atoms with E-state index in [4.69, 9.17) is 19.4 Å². The van der Waals surface area contributed by atoms with Gasteiger partial charge in [0.05, 0.1) is 0 Å². The largest absolute Gasteiger partial charge is 0 e. The van der Waals surface area contributed by atoms with E-state index in [0.29, 0.717) is 11.8 Å². The van der Waals surface area contributed by atoms with Crippen LogP contribution in [0.25, 0.3) is 0 Å². The number of hydrogen-bond donors (Lipinski definition) is 2. The van der Waals surface area contributed by atoms with Crippen molar-refractivity contribution in [1.29, 1.82) is 0 Å². The van der Waals surface area contributed by atoms with Gasteiger partial charge in [0.2, 0.25) is 0 Å². The molecule has 0 aromatic rings. The second kappa shape index (κ2) is 24.6. The van der Waals surface area contributed by atoms with Crippen LogP contribution in [0.5, 0.6) is 0 Å². The summed E-state index contributed by atoms with van der Waals surface area (Å²) in [5.41, 5.74) is 0. The number of rotatable bonds is 4. The normalized spacial score (nSPS) is 22.8. The van der Waals surface area contributed by atoms with Crippen LogP contribution < -0.4 is 10.6 Å². The molecule has 0 amide bonds. The Morgan fingerprint density at radius 3 is 1.50 bits per heavy atom. The fourth-order valence-corrected chi connectivity index (χ4v) is 2.95. The van der Waals surface area contributed by atoms with Crippen LogP contribution in [0, 0.1) is 31.6 Å². The minimum absolute atomic E-state index is 0. The summed E-state index contributed by atoms with van der Waals surface area (Å²) in [7, 11) is 13.6. The van der Waals surface area contributed by atoms with Crippen molar-refractivity contribution < 1.29 is 32.2 Å². The minimum Gasteiger partial charge on any atom is 0 e. The second-order valence-corrected chi connectivity index (χ2v) is 9.00. The van der Waals surface area contributed by atoms with Crippen molar-refractivity contribution in [2.45, 2.75) is 58.3 Å². The third-order valence-corrected chi connectivity index (χ3v) is 4.32. The molecule has 2 fully saturated rings. The number of nitrogens with one attached hydrogen (secondary N) is 2. The first kappa shape index (κ1) is 30.4. The smallest absolute Gasteiger partial charge is 0 e. The molecule has 152 valence electrons. The van der Waals surface area contributed by atoms with E-state index in [1.165, 1.54) is 51.4 Å². The maximum absolute atomic E-state index is 4.85. The minimum atomic E-state index is -0.346. The first-order valence-corrected chi connectivity index (χ1v) is 13.3. The van der Waals surface area contributed by atoms with Crippen LogP contribution >= 0.6 is 19.4 Å². The molecule has 0 saturated heterocycles. The summed E-state index contributed by atoms with van der Waals surface area (Å²) in [6.45, 7) is 12.4. The van der Waals surface area contributed by atoms with E-state index >= 15 is 0 Å². The zero-order valence-electron chi connectivity index (χ0n) is 15.7. The molecule has 2 aliphatic rings. The summed E-state index contributed by atoms with van der Waals surface area (Å²) in [5, 5.41) is 6.01. The molecule has 2 aliphatic carbocycles. The Balaban J connectivity index is -0.000000260. The summed E-state index contributed by atoms with van der Waals surface area (Å²) in [6, 6.07) is 0. The van der Waals surface area contributed by atoms with Crippen LogP contribution in [0.15, 0.2) is 0 Å². The fraction of sp³-hybridized carbons (Fsp3) is 0.889. The van der Waals surface area contributed by atoms with Crippen LogP contribution in [0.3, 0.4) is 0 Å². The Kier molecular flexibility index (Phi) is 31.2. The first-order valence-electron chi connectivity index (χ1n) is 8.85. The van der Waals surface area contributed by atoms with Crippen molar-refractivity contribution in [3.8, 4) is 0 Å². The molecule has 0 spiro atoms. The predicted molar refractivity (Wildman–Crippen MR) is 103 cm³/mol. The molecule has 24 heavy (non-hydrogen) atoms. The molecule has 6 heteroatoms. The predicted octanol–water partition coefficient (Wildman–Crippen LogP) is 5.46. The Morgan fingerprint density at radius 1 is 0.958 bits per heavy atom. The molecule has 2 nitrogen and oxygen atoms in total. The number of halogens is 2. The summed E-state index contributed by atoms with van der Waals surface area (Å²) < 4.78 is 0. The molecule has 2 N–H and O–H groups in total. The van der Waals surface area contributed by atoms with Crippen molar-refractivity contribution in [1.82, 2.24) is 10.6 Å². The maximum Gasteiger partial charge on any atom is 0 e. The van der Waals surface area contributed by atoms with Gasteiger partial charge in [0.1, 0.15) is 0 Å². The molecule has 0 bridgehead atoms. The monoisotopic (exact) mass is 510 g/mol. The summed E-state index contributed by atoms with van der Waals surface area (Å²) in [4.78, 5) is 0. The van der Waals surface area contributed by atoms with Gasteiger partial charge in [0.15, 0.2) is 0 Å². The van der Waals surface area contributed by atoms with Gasteiger partial charge in [0.25, 0.3) is 0 Å². The Hall–Kier alpha value is 1.64. The number of likely N-dealkylation sites (N-methyl/N-ethyl adjacent to an activating group) is 2. The van der Waals surface area contributed by atoms with Gasteiger partial charge in [-0.3, -0.25) is 0 Å². The van der Waals surface area contributed by atoms with Crippen molar-refractivity contribution in [3.63, 3.8) is 0 Å². The first-order chi connectivity index (χ1) is 11.0. The van der Waals surface area contributed by atoms with Gasteiger partial charge < -0.3 is 24.5 Å². The van der Waals surface area contributed by atoms with Crippen molar-refractivity contribution >= 4 is 19.4 Å². The van der Waals surface area contributed by atoms with E-state index < -0.39 is 0 Å². The van der Waals surface area contributed by atoms with E-state index in [0.717, 1.165) is 19.0 Å². The van der Waals surface area contributed by atoms with Gasteiger partial charge in [-0.2, -0.15) is 11.8 Å². The Labute approximate surface area is 178 Å². The molecule has 2 rings (SSSR count). The number of hydrogen-bond acceptors (Lipinski definition) is 2. The van der Waals surface area contributed by atoms with E-state index in [1.807, 2.05) is 14.1 Å². The Morgan fingerprint density at radius 2 is 1.33 bits per heavy atom. The maximum atomic E-state index is 4.85. The molecule has 0 aromatic carbocycles. The summed E-state index contributed by atoms with van der Waals surface area (Å²) in [5.74, 6) is 2.11. The summed E-state index contributed by atoms with van der Waals surface area (Å²) in [6.07, 6.45) is 11.6. The van der Waals surface area contributed by atoms with E-state index in [9.17, 15) is 0 Å². The van der Waals surface area contributed by atoms with E-state index in [1.54, 1.807) is 0 Å². The topological polar surface area (TPSA) is 24.1 Å². The SMILES string of the molecule is C1CCCC1.CNCCNC.[CH2-]C1CCCC1[C@H]([CH2-])C.[Cl][Ru][Cl].[Fe]. The van der Waals surface area contributed by atoms with Gasteiger partial charge >= 0.3 is 34.5 Å². The molecule has 0 heterocycles. The molecular weight excluding hydrogens is 472 g/mol. The van der Waals surface area contributed by atoms with E-state index in [-0.39, 0.29) is 32.2 Å². The van der Waals surface area contributed by atoms with Crippen LogP contribution in [0.4, 0.5) is 0 Å². The third kappa shape index (κ3) is 21.7. The fourth-order valence-electron chi connectivity index (χ4n) is 2.95. The molecular formula is C18H38Cl2FeN2Ru-2. The van der Waals surface area contributed by atoms with E-state index in [2.05, 4.69) is 31.4 Å². The Bertz CT molecular complexity index is 210. The van der Waals surface area contributed by atoms with Crippen molar-refractivity contribution in [2.75, 3.05) is 27.2 Å². The van der Waals surface area contributed by atoms with Crippen LogP contribution in [-0.2, 0) is 32.2 Å². The standard InChI is InChI=1S/C9H16.C5H10.C4H12N2.2ClH.Fe.Ru/c1-7(2)9-6-4-5-8(9)3;1-2-4-5-3-1;1-5-3-4-6-2;;;;/h7-9H,1,3-6H2,2H3;1-5H2;5-6H,3-4H2,1-2H3;2*1H;;/q-2;;;;;;+2/p-2/t7-,8?,9?;;;;;;/m1....../s1. The average Bonchev–Trinajstić information content (AvgIpc) is 3.20. The zero-order valence-corrected chi connectivity index (χ0v) is 20.0. The van der Waals surface area contributed by atoms with Gasteiger partial charge in [-0.05, 0) is 14.1 Å². The van der Waals surface area contributed by atoms with Crippen LogP contribution in [-0.4, -0.2) is 27.2 Å². The van der Waals surface area contributed by atoms with Crippen molar-refractivity contribution in [3.05, 3.63) is 13.8 Å². The zero-order chi connectivity index (χ0) is 17.9. The van der Waals surface area contributed by atoms with Crippen molar-refractivity contribution in [2.24, 2.45) is 17.8 Å². The summed E-state index contributed by atoms with van der Waals surface area (Å²) >= 11 is -0.346. The molecule has 2 saturated carbocycles. The molecule has 0 radical (unpaired) electrons. The van der Waals surface area contributed by atoms with Gasteiger partial charge in [-0.1, -0.05) is 64.2 Å².